The second kappa shape index (κ2) is 7.27. The molecule has 0 aromatic heterocycles. The first-order valence-corrected chi connectivity index (χ1v) is 2.11. The fourth-order valence-corrected chi connectivity index (χ4v) is 0.252. The SMILES string of the molecule is C=C/C=C(\C=C)OO.Cl. The first-order chi connectivity index (χ1) is 3.85. The molecule has 0 heterocycles. The van der Waals surface area contributed by atoms with Crippen molar-refractivity contribution in [3.8, 4) is 0 Å². The molecule has 0 saturated carbocycles. The summed E-state index contributed by atoms with van der Waals surface area (Å²) in [7, 11) is 0. The first-order valence-electron chi connectivity index (χ1n) is 2.11. The van der Waals surface area contributed by atoms with Gasteiger partial charge in [-0.1, -0.05) is 19.2 Å². The van der Waals surface area contributed by atoms with Crippen LogP contribution in [0, 0.1) is 0 Å². The summed E-state index contributed by atoms with van der Waals surface area (Å²) >= 11 is 0. The van der Waals surface area contributed by atoms with Crippen LogP contribution < -0.4 is 0 Å². The lowest BCUT2D eigenvalue weighted by Gasteiger charge is -1.90. The van der Waals surface area contributed by atoms with Crippen LogP contribution in [0.4, 0.5) is 0 Å². The van der Waals surface area contributed by atoms with Crippen LogP contribution in [0.25, 0.3) is 0 Å². The standard InChI is InChI=1S/C6H8O2.ClH/c1-3-5-6(4-2)8-7;/h3-5,7H,1-2H2;1H/b6-5+;. The minimum Gasteiger partial charge on any atom is -0.340 e. The predicted octanol–water partition coefficient (Wildman–Crippen LogP) is 2.15. The van der Waals surface area contributed by atoms with Crippen LogP contribution in [0.3, 0.4) is 0 Å². The molecule has 2 nitrogen and oxygen atoms in total. The lowest BCUT2D eigenvalue weighted by molar-refractivity contribution is -0.198. The maximum Gasteiger partial charge on any atom is 0.164 e. The fraction of sp³-hybridized carbons (Fsp3) is 0. The highest BCUT2D eigenvalue weighted by molar-refractivity contribution is 5.85. The molecule has 0 spiro atoms. The van der Waals surface area contributed by atoms with Gasteiger partial charge in [-0.25, -0.2) is 5.26 Å². The quantitative estimate of drug-likeness (QED) is 0.288. The number of halogens is 1. The average molecular weight is 149 g/mol. The van der Waals surface area contributed by atoms with Gasteiger partial charge in [0.2, 0.25) is 0 Å². The maximum atomic E-state index is 7.97. The van der Waals surface area contributed by atoms with Crippen molar-refractivity contribution in [2.75, 3.05) is 0 Å². The molecule has 3 heteroatoms. The summed E-state index contributed by atoms with van der Waals surface area (Å²) in [4.78, 5) is 3.81. The van der Waals surface area contributed by atoms with E-state index in [1.807, 2.05) is 0 Å². The Labute approximate surface area is 60.5 Å². The lowest BCUT2D eigenvalue weighted by atomic mass is 10.4. The molecule has 0 bridgehead atoms. The van der Waals surface area contributed by atoms with Crippen molar-refractivity contribution in [1.82, 2.24) is 0 Å². The van der Waals surface area contributed by atoms with E-state index in [2.05, 4.69) is 18.0 Å². The number of hydrogen-bond acceptors (Lipinski definition) is 2. The molecule has 0 radical (unpaired) electrons. The first kappa shape index (κ1) is 11.1. The predicted molar refractivity (Wildman–Crippen MR) is 39.4 cm³/mol. The van der Waals surface area contributed by atoms with Gasteiger partial charge in [0, 0.05) is 0 Å². The van der Waals surface area contributed by atoms with Gasteiger partial charge in [0.05, 0.1) is 0 Å². The number of hydrogen-bond donors (Lipinski definition) is 1. The van der Waals surface area contributed by atoms with Crippen molar-refractivity contribution in [2.45, 2.75) is 0 Å². The molecule has 0 saturated heterocycles. The molecular weight excluding hydrogens is 140 g/mol. The third kappa shape index (κ3) is 5.14. The van der Waals surface area contributed by atoms with Crippen molar-refractivity contribution >= 4 is 12.4 Å². The highest BCUT2D eigenvalue weighted by Gasteiger charge is 1.82. The van der Waals surface area contributed by atoms with Crippen LogP contribution in [0.5, 0.6) is 0 Å². The molecule has 0 amide bonds. The second-order valence-corrected chi connectivity index (χ2v) is 1.10. The zero-order valence-corrected chi connectivity index (χ0v) is 5.73. The van der Waals surface area contributed by atoms with E-state index in [1.54, 1.807) is 0 Å². The van der Waals surface area contributed by atoms with Crippen LogP contribution in [-0.2, 0) is 4.89 Å². The molecule has 0 rings (SSSR count). The van der Waals surface area contributed by atoms with Crippen LogP contribution in [0.2, 0.25) is 0 Å². The summed E-state index contributed by atoms with van der Waals surface area (Å²) in [6.07, 6.45) is 4.36. The van der Waals surface area contributed by atoms with Crippen molar-refractivity contribution in [3.63, 3.8) is 0 Å². The monoisotopic (exact) mass is 148 g/mol. The summed E-state index contributed by atoms with van der Waals surface area (Å²) in [5, 5.41) is 7.97. The minimum atomic E-state index is 0. The third-order valence-corrected chi connectivity index (χ3v) is 0.589. The van der Waals surface area contributed by atoms with Crippen molar-refractivity contribution in [2.24, 2.45) is 0 Å². The van der Waals surface area contributed by atoms with E-state index < -0.39 is 0 Å². The fourth-order valence-electron chi connectivity index (χ4n) is 0.252. The van der Waals surface area contributed by atoms with Gasteiger partial charge < -0.3 is 4.89 Å². The summed E-state index contributed by atoms with van der Waals surface area (Å²) in [5.74, 6) is 0.292. The molecule has 0 aromatic rings. The topological polar surface area (TPSA) is 29.5 Å². The van der Waals surface area contributed by atoms with Gasteiger partial charge in [0.15, 0.2) is 5.76 Å². The van der Waals surface area contributed by atoms with E-state index in [1.165, 1.54) is 18.2 Å². The molecule has 0 aromatic carbocycles. The molecule has 0 fully saturated rings. The molecule has 0 aliphatic rings. The summed E-state index contributed by atoms with van der Waals surface area (Å²) in [5.41, 5.74) is 0. The Bertz CT molecular complexity index is 118. The average Bonchev–Trinajstić information content (AvgIpc) is 1.83. The normalized spacial score (nSPS) is 9.22. The highest BCUT2D eigenvalue weighted by atomic mass is 35.5. The van der Waals surface area contributed by atoms with Gasteiger partial charge >= 0.3 is 0 Å². The molecular formula is C6H9ClO2. The van der Waals surface area contributed by atoms with Crippen LogP contribution in [-0.4, -0.2) is 5.26 Å². The molecule has 0 aliphatic carbocycles. The minimum absolute atomic E-state index is 0. The van der Waals surface area contributed by atoms with Crippen LogP contribution in [0.15, 0.2) is 37.1 Å². The van der Waals surface area contributed by atoms with E-state index in [4.69, 9.17) is 5.26 Å². The lowest BCUT2D eigenvalue weighted by Crippen LogP contribution is -1.78. The maximum absolute atomic E-state index is 7.97. The molecule has 0 atom stereocenters. The molecule has 52 valence electrons. The van der Waals surface area contributed by atoms with Gasteiger partial charge in [-0.3, -0.25) is 0 Å². The van der Waals surface area contributed by atoms with Crippen LogP contribution >= 0.6 is 12.4 Å². The smallest absolute Gasteiger partial charge is 0.164 e. The molecule has 1 N–H and O–H groups in total. The Balaban J connectivity index is 0. The molecule has 0 unspecified atom stereocenters. The molecule has 9 heavy (non-hydrogen) atoms. The van der Waals surface area contributed by atoms with Gasteiger partial charge in [0.1, 0.15) is 0 Å². The summed E-state index contributed by atoms with van der Waals surface area (Å²) in [6, 6.07) is 0. The van der Waals surface area contributed by atoms with Crippen molar-refractivity contribution in [1.29, 1.82) is 0 Å². The van der Waals surface area contributed by atoms with Gasteiger partial charge in [0.25, 0.3) is 0 Å². The summed E-state index contributed by atoms with van der Waals surface area (Å²) in [6.45, 7) is 6.73. The van der Waals surface area contributed by atoms with E-state index in [-0.39, 0.29) is 12.4 Å². The Hall–Kier alpha value is -0.730. The number of allylic oxidation sites excluding steroid dienone is 3. The zero-order chi connectivity index (χ0) is 6.41. The Morgan fingerprint density at radius 1 is 1.44 bits per heavy atom. The van der Waals surface area contributed by atoms with E-state index in [0.29, 0.717) is 5.76 Å². The second-order valence-electron chi connectivity index (χ2n) is 1.10. The van der Waals surface area contributed by atoms with E-state index in [9.17, 15) is 0 Å². The third-order valence-electron chi connectivity index (χ3n) is 0.589. The number of rotatable bonds is 3. The Kier molecular flexibility index (Phi) is 8.98. The zero-order valence-electron chi connectivity index (χ0n) is 4.91. The van der Waals surface area contributed by atoms with Crippen molar-refractivity contribution in [3.05, 3.63) is 37.1 Å². The Morgan fingerprint density at radius 3 is 2.11 bits per heavy atom. The van der Waals surface area contributed by atoms with Gasteiger partial charge in [-0.15, -0.1) is 12.4 Å². The van der Waals surface area contributed by atoms with E-state index in [0.717, 1.165) is 0 Å². The summed E-state index contributed by atoms with van der Waals surface area (Å²) < 4.78 is 0. The van der Waals surface area contributed by atoms with Crippen LogP contribution in [0.1, 0.15) is 0 Å². The highest BCUT2D eigenvalue weighted by Crippen LogP contribution is 1.93. The van der Waals surface area contributed by atoms with E-state index >= 15 is 0 Å². The Morgan fingerprint density at radius 2 is 2.00 bits per heavy atom. The van der Waals surface area contributed by atoms with Gasteiger partial charge in [-0.2, -0.15) is 0 Å². The van der Waals surface area contributed by atoms with Gasteiger partial charge in [-0.05, 0) is 12.2 Å². The molecule has 0 aliphatic heterocycles. The largest absolute Gasteiger partial charge is 0.340 e. The van der Waals surface area contributed by atoms with Crippen molar-refractivity contribution < 1.29 is 10.1 Å².